The summed E-state index contributed by atoms with van der Waals surface area (Å²) in [5.41, 5.74) is -0.746. The summed E-state index contributed by atoms with van der Waals surface area (Å²) in [6, 6.07) is 0.586. The molecule has 0 amide bonds. The lowest BCUT2D eigenvalue weighted by Gasteiger charge is -2.26. The Bertz CT molecular complexity index is 472. The molecule has 0 bridgehead atoms. The van der Waals surface area contributed by atoms with Gasteiger partial charge in [0.15, 0.2) is 0 Å². The van der Waals surface area contributed by atoms with E-state index in [1.54, 1.807) is 6.20 Å². The van der Waals surface area contributed by atoms with Crippen LogP contribution in [0.25, 0.3) is 0 Å². The zero-order valence-corrected chi connectivity index (χ0v) is 11.6. The number of carbonyl (C=O) groups is 1. The fraction of sp³-hybridized carbons (Fsp3) is 0.667. The summed E-state index contributed by atoms with van der Waals surface area (Å²) in [5, 5.41) is 17.1. The van der Waals surface area contributed by atoms with Gasteiger partial charge in [0.25, 0.3) is 0 Å². The van der Waals surface area contributed by atoms with E-state index in [9.17, 15) is 9.90 Å². The van der Waals surface area contributed by atoms with Crippen molar-refractivity contribution in [2.75, 3.05) is 0 Å². The van der Waals surface area contributed by atoms with Crippen molar-refractivity contribution in [3.8, 4) is 0 Å². The second kappa shape index (κ2) is 4.35. The van der Waals surface area contributed by atoms with Crippen LogP contribution in [-0.2, 0) is 4.79 Å². The van der Waals surface area contributed by atoms with Gasteiger partial charge >= 0.3 is 5.97 Å². The van der Waals surface area contributed by atoms with Crippen LogP contribution in [-0.4, -0.2) is 32.4 Å². The molecule has 1 heterocycles. The van der Waals surface area contributed by atoms with Crippen LogP contribution >= 0.6 is 15.9 Å². The summed E-state index contributed by atoms with van der Waals surface area (Å²) in [6.07, 6.45) is 8.03. The second-order valence-corrected chi connectivity index (χ2v) is 6.26. The number of nitrogens with zero attached hydrogens (tertiary/aromatic N) is 2. The minimum Gasteiger partial charge on any atom is -0.480 e. The number of carboxylic acid groups (broad SMARTS) is 1. The maximum absolute atomic E-state index is 11.6. The maximum atomic E-state index is 11.6. The highest BCUT2D eigenvalue weighted by molar-refractivity contribution is 9.10. The molecule has 2 atom stereocenters. The van der Waals surface area contributed by atoms with Crippen molar-refractivity contribution in [3.05, 3.63) is 16.9 Å². The van der Waals surface area contributed by atoms with E-state index < -0.39 is 11.5 Å². The van der Waals surface area contributed by atoms with Gasteiger partial charge in [-0.1, -0.05) is 0 Å². The predicted octanol–water partition coefficient (Wildman–Crippen LogP) is 1.95. The fourth-order valence-corrected chi connectivity index (χ4v) is 3.07. The van der Waals surface area contributed by atoms with Crippen molar-refractivity contribution < 1.29 is 9.90 Å². The molecular weight excluding hydrogens is 298 g/mol. The Morgan fingerprint density at radius 3 is 2.89 bits per heavy atom. The molecule has 2 unspecified atom stereocenters. The van der Waals surface area contributed by atoms with Crippen molar-refractivity contribution in [2.45, 2.75) is 49.7 Å². The monoisotopic (exact) mass is 313 g/mol. The van der Waals surface area contributed by atoms with Crippen molar-refractivity contribution in [2.24, 2.45) is 0 Å². The van der Waals surface area contributed by atoms with Crippen molar-refractivity contribution >= 4 is 21.9 Å². The van der Waals surface area contributed by atoms with E-state index in [4.69, 9.17) is 0 Å². The van der Waals surface area contributed by atoms with E-state index in [0.29, 0.717) is 18.9 Å². The van der Waals surface area contributed by atoms with Gasteiger partial charge in [-0.05, 0) is 48.0 Å². The lowest BCUT2D eigenvalue weighted by atomic mass is 9.97. The summed E-state index contributed by atoms with van der Waals surface area (Å²) in [5.74, 6) is -0.719. The molecule has 98 valence electrons. The van der Waals surface area contributed by atoms with Crippen LogP contribution in [0, 0.1) is 0 Å². The van der Waals surface area contributed by atoms with Gasteiger partial charge in [-0.15, -0.1) is 0 Å². The summed E-state index contributed by atoms with van der Waals surface area (Å²) < 4.78 is 2.81. The van der Waals surface area contributed by atoms with Crippen LogP contribution in [0.3, 0.4) is 0 Å². The van der Waals surface area contributed by atoms with Gasteiger partial charge in [0.05, 0.1) is 16.7 Å². The summed E-state index contributed by atoms with van der Waals surface area (Å²) in [7, 11) is 0. The van der Waals surface area contributed by atoms with Gasteiger partial charge in [-0.25, -0.2) is 0 Å². The number of carboxylic acids is 1. The molecule has 1 aromatic rings. The molecular formula is C12H16BrN3O2. The molecule has 0 spiro atoms. The molecule has 5 nitrogen and oxygen atoms in total. The average Bonchev–Trinajstić information content (AvgIpc) is 2.85. The molecule has 18 heavy (non-hydrogen) atoms. The number of halogens is 1. The Labute approximate surface area is 114 Å². The van der Waals surface area contributed by atoms with E-state index in [1.807, 2.05) is 10.9 Å². The molecule has 0 saturated heterocycles. The van der Waals surface area contributed by atoms with Gasteiger partial charge in [0.1, 0.15) is 5.54 Å². The Morgan fingerprint density at radius 2 is 2.33 bits per heavy atom. The summed E-state index contributed by atoms with van der Waals surface area (Å²) in [4.78, 5) is 11.6. The number of aliphatic carboxylic acids is 1. The third-order valence-electron chi connectivity index (χ3n) is 3.90. The lowest BCUT2D eigenvalue weighted by Crippen LogP contribution is -2.51. The van der Waals surface area contributed by atoms with Crippen molar-refractivity contribution in [1.29, 1.82) is 0 Å². The standard InChI is InChI=1S/C12H16BrN3O2/c13-8-6-14-16(7-8)10-3-4-12(5-10,11(17)18)15-9-1-2-9/h6-7,9-10,15H,1-5H2,(H,17,18). The van der Waals surface area contributed by atoms with E-state index in [2.05, 4.69) is 26.3 Å². The predicted molar refractivity (Wildman–Crippen MR) is 69.3 cm³/mol. The molecule has 2 fully saturated rings. The summed E-state index contributed by atoms with van der Waals surface area (Å²) in [6.45, 7) is 0. The third kappa shape index (κ3) is 2.19. The molecule has 0 radical (unpaired) electrons. The number of nitrogens with one attached hydrogen (secondary N) is 1. The smallest absolute Gasteiger partial charge is 0.323 e. The Balaban J connectivity index is 1.76. The molecule has 2 saturated carbocycles. The van der Waals surface area contributed by atoms with Gasteiger partial charge in [-0.3, -0.25) is 14.8 Å². The van der Waals surface area contributed by atoms with Crippen LogP contribution < -0.4 is 5.32 Å². The minimum absolute atomic E-state index is 0.179. The Kier molecular flexibility index (Phi) is 2.94. The van der Waals surface area contributed by atoms with Gasteiger partial charge in [0, 0.05) is 12.2 Å². The first-order valence-electron chi connectivity index (χ1n) is 6.30. The quantitative estimate of drug-likeness (QED) is 0.891. The Hall–Kier alpha value is -0.880. The van der Waals surface area contributed by atoms with E-state index in [1.165, 1.54) is 0 Å². The number of hydrogen-bond donors (Lipinski definition) is 2. The van der Waals surface area contributed by atoms with Gasteiger partial charge in [0.2, 0.25) is 0 Å². The summed E-state index contributed by atoms with van der Waals surface area (Å²) >= 11 is 3.37. The Morgan fingerprint density at radius 1 is 1.56 bits per heavy atom. The molecule has 0 aliphatic heterocycles. The number of hydrogen-bond acceptors (Lipinski definition) is 3. The van der Waals surface area contributed by atoms with Crippen LogP contribution in [0.5, 0.6) is 0 Å². The minimum atomic E-state index is -0.746. The molecule has 0 aromatic carbocycles. The van der Waals surface area contributed by atoms with E-state index in [-0.39, 0.29) is 6.04 Å². The molecule has 6 heteroatoms. The topological polar surface area (TPSA) is 67.2 Å². The highest BCUT2D eigenvalue weighted by atomic mass is 79.9. The van der Waals surface area contributed by atoms with Crippen LogP contribution in [0.1, 0.15) is 38.1 Å². The average molecular weight is 314 g/mol. The lowest BCUT2D eigenvalue weighted by molar-refractivity contribution is -0.144. The first kappa shape index (κ1) is 12.2. The number of rotatable bonds is 4. The first-order valence-corrected chi connectivity index (χ1v) is 7.09. The van der Waals surface area contributed by atoms with Crippen LogP contribution in [0.15, 0.2) is 16.9 Å². The molecule has 2 aliphatic carbocycles. The van der Waals surface area contributed by atoms with E-state index >= 15 is 0 Å². The zero-order chi connectivity index (χ0) is 12.8. The molecule has 3 rings (SSSR count). The van der Waals surface area contributed by atoms with Crippen LogP contribution in [0.4, 0.5) is 0 Å². The number of aromatic nitrogens is 2. The zero-order valence-electron chi connectivity index (χ0n) is 9.97. The maximum Gasteiger partial charge on any atom is 0.323 e. The second-order valence-electron chi connectivity index (χ2n) is 5.34. The molecule has 2 N–H and O–H groups in total. The van der Waals surface area contributed by atoms with Crippen molar-refractivity contribution in [1.82, 2.24) is 15.1 Å². The van der Waals surface area contributed by atoms with Crippen LogP contribution in [0.2, 0.25) is 0 Å². The fourth-order valence-electron chi connectivity index (χ4n) is 2.77. The third-order valence-corrected chi connectivity index (χ3v) is 4.31. The SMILES string of the molecule is O=C(O)C1(NC2CC2)CCC(n2cc(Br)cn2)C1. The molecule has 1 aromatic heterocycles. The highest BCUT2D eigenvalue weighted by Gasteiger charge is 2.48. The highest BCUT2D eigenvalue weighted by Crippen LogP contribution is 2.40. The molecule has 2 aliphatic rings. The first-order chi connectivity index (χ1) is 8.59. The van der Waals surface area contributed by atoms with Gasteiger partial charge < -0.3 is 5.11 Å². The normalized spacial score (nSPS) is 31.7. The largest absolute Gasteiger partial charge is 0.480 e. The van der Waals surface area contributed by atoms with Gasteiger partial charge in [-0.2, -0.15) is 5.10 Å². The van der Waals surface area contributed by atoms with Crippen molar-refractivity contribution in [3.63, 3.8) is 0 Å². The van der Waals surface area contributed by atoms with E-state index in [0.717, 1.165) is 23.7 Å².